The second kappa shape index (κ2) is 9.06. The van der Waals surface area contributed by atoms with E-state index in [1.54, 1.807) is 13.8 Å². The first-order valence-electron chi connectivity index (χ1n) is 7.03. The number of halogens is 1. The molecule has 0 aliphatic rings. The van der Waals surface area contributed by atoms with Crippen LogP contribution >= 0.6 is 15.9 Å². The third-order valence-corrected chi connectivity index (χ3v) is 2.95. The molecule has 132 valence electrons. The molecular formula is C14H18BrN3O6. The molecule has 1 atom stereocenters. The summed E-state index contributed by atoms with van der Waals surface area (Å²) in [6, 6.07) is 2.12. The molecule has 0 aliphatic heterocycles. The maximum atomic E-state index is 11.7. The number of ether oxygens (including phenoxy) is 1. The number of rotatable bonds is 6. The van der Waals surface area contributed by atoms with E-state index in [1.165, 1.54) is 19.1 Å². The Balaban J connectivity index is 2.37. The minimum atomic E-state index is -1.19. The minimum Gasteiger partial charge on any atom is -0.451 e. The lowest BCUT2D eigenvalue weighted by atomic mass is 10.3. The van der Waals surface area contributed by atoms with E-state index in [4.69, 9.17) is 9.15 Å². The molecule has 1 aromatic rings. The smallest absolute Gasteiger partial charge is 0.326 e. The Kier molecular flexibility index (Phi) is 7.43. The van der Waals surface area contributed by atoms with Crippen LogP contribution in [0.4, 0.5) is 4.79 Å². The predicted octanol–water partition coefficient (Wildman–Crippen LogP) is 0.938. The van der Waals surface area contributed by atoms with Crippen LogP contribution in [0.5, 0.6) is 0 Å². The molecule has 10 heteroatoms. The first-order valence-corrected chi connectivity index (χ1v) is 7.82. The Morgan fingerprint density at radius 1 is 1.21 bits per heavy atom. The van der Waals surface area contributed by atoms with Crippen molar-refractivity contribution in [2.24, 2.45) is 0 Å². The van der Waals surface area contributed by atoms with Gasteiger partial charge >= 0.3 is 12.0 Å². The second-order valence-electron chi connectivity index (χ2n) is 5.04. The molecule has 9 nitrogen and oxygen atoms in total. The number of hydrogen-bond donors (Lipinski definition) is 3. The molecule has 4 amide bonds. The highest BCUT2D eigenvalue weighted by atomic mass is 79.9. The number of imide groups is 1. The molecule has 0 unspecified atom stereocenters. The summed E-state index contributed by atoms with van der Waals surface area (Å²) in [5, 5.41) is 6.78. The van der Waals surface area contributed by atoms with Crippen LogP contribution in [0.1, 0.15) is 31.3 Å². The highest BCUT2D eigenvalue weighted by molar-refractivity contribution is 9.10. The predicted molar refractivity (Wildman–Crippen MR) is 86.1 cm³/mol. The van der Waals surface area contributed by atoms with Crippen molar-refractivity contribution in [3.8, 4) is 0 Å². The molecule has 0 aliphatic carbocycles. The van der Waals surface area contributed by atoms with E-state index in [2.05, 4.69) is 26.6 Å². The number of hydrogen-bond acceptors (Lipinski definition) is 6. The third-order valence-electron chi connectivity index (χ3n) is 2.52. The Hall–Kier alpha value is -2.36. The van der Waals surface area contributed by atoms with Crippen LogP contribution in [0, 0.1) is 0 Å². The van der Waals surface area contributed by atoms with Gasteiger partial charge in [0.2, 0.25) is 0 Å². The Bertz CT molecular complexity index is 628. The van der Waals surface area contributed by atoms with E-state index in [9.17, 15) is 19.2 Å². The van der Waals surface area contributed by atoms with Crippen molar-refractivity contribution >= 4 is 39.7 Å². The highest BCUT2D eigenvalue weighted by Gasteiger charge is 2.21. The summed E-state index contributed by atoms with van der Waals surface area (Å²) >= 11 is 3.05. The molecule has 0 spiro atoms. The lowest BCUT2D eigenvalue weighted by molar-refractivity contribution is -0.153. The van der Waals surface area contributed by atoms with E-state index in [1.807, 2.05) is 5.32 Å². The molecule has 1 aromatic heterocycles. The third kappa shape index (κ3) is 6.82. The minimum absolute atomic E-state index is 0.0193. The Labute approximate surface area is 146 Å². The number of esters is 1. The normalized spacial score (nSPS) is 11.5. The molecule has 0 bridgehead atoms. The standard InChI is InChI=1S/C14H18BrN3O6/c1-7(2)17-14(22)18-12(20)8(3)23-11(19)6-16-13(21)9-4-5-10(15)24-9/h4-5,7-8H,6H2,1-3H3,(H,16,21)(H2,17,18,20,22)/t8-/m0/s1. The van der Waals surface area contributed by atoms with Gasteiger partial charge in [-0.15, -0.1) is 0 Å². The summed E-state index contributed by atoms with van der Waals surface area (Å²) in [6.07, 6.45) is -1.19. The van der Waals surface area contributed by atoms with Crippen molar-refractivity contribution in [2.75, 3.05) is 6.54 Å². The maximum absolute atomic E-state index is 11.7. The van der Waals surface area contributed by atoms with Crippen molar-refractivity contribution in [1.29, 1.82) is 0 Å². The van der Waals surface area contributed by atoms with Crippen molar-refractivity contribution in [3.63, 3.8) is 0 Å². The fourth-order valence-electron chi connectivity index (χ4n) is 1.48. The van der Waals surface area contributed by atoms with E-state index >= 15 is 0 Å². The van der Waals surface area contributed by atoms with Crippen LogP contribution in [0.2, 0.25) is 0 Å². The molecule has 0 aromatic carbocycles. The van der Waals surface area contributed by atoms with Gasteiger partial charge in [-0.05, 0) is 48.8 Å². The molecule has 0 radical (unpaired) electrons. The van der Waals surface area contributed by atoms with Crippen molar-refractivity contribution in [1.82, 2.24) is 16.0 Å². The average Bonchev–Trinajstić information content (AvgIpc) is 2.90. The van der Waals surface area contributed by atoms with Gasteiger partial charge in [-0.1, -0.05) is 0 Å². The zero-order chi connectivity index (χ0) is 18.3. The van der Waals surface area contributed by atoms with E-state index in [-0.39, 0.29) is 11.8 Å². The van der Waals surface area contributed by atoms with Gasteiger partial charge in [0.25, 0.3) is 11.8 Å². The van der Waals surface area contributed by atoms with Crippen LogP contribution < -0.4 is 16.0 Å². The van der Waals surface area contributed by atoms with Crippen molar-refractivity contribution in [2.45, 2.75) is 32.9 Å². The highest BCUT2D eigenvalue weighted by Crippen LogP contribution is 2.13. The zero-order valence-corrected chi connectivity index (χ0v) is 14.9. The van der Waals surface area contributed by atoms with Crippen LogP contribution in [0.25, 0.3) is 0 Å². The number of furan rings is 1. The lowest BCUT2D eigenvalue weighted by Gasteiger charge is -2.14. The molecule has 0 saturated heterocycles. The lowest BCUT2D eigenvalue weighted by Crippen LogP contribution is -2.47. The van der Waals surface area contributed by atoms with Gasteiger partial charge in [0.15, 0.2) is 16.5 Å². The molecule has 3 N–H and O–H groups in total. The number of carbonyl (C=O) groups is 4. The fraction of sp³-hybridized carbons (Fsp3) is 0.429. The first kappa shape index (κ1) is 19.7. The summed E-state index contributed by atoms with van der Waals surface area (Å²) in [5.74, 6) is -2.19. The zero-order valence-electron chi connectivity index (χ0n) is 13.3. The maximum Gasteiger partial charge on any atom is 0.326 e. The van der Waals surface area contributed by atoms with Gasteiger partial charge in [0, 0.05) is 6.04 Å². The topological polar surface area (TPSA) is 127 Å². The quantitative estimate of drug-likeness (QED) is 0.606. The number of nitrogens with one attached hydrogen (secondary N) is 3. The summed E-state index contributed by atoms with van der Waals surface area (Å²) in [6.45, 7) is 4.32. The molecule has 0 saturated carbocycles. The van der Waals surface area contributed by atoms with E-state index < -0.39 is 36.5 Å². The molecular weight excluding hydrogens is 386 g/mol. The van der Waals surface area contributed by atoms with Crippen LogP contribution in [-0.2, 0) is 14.3 Å². The van der Waals surface area contributed by atoms with E-state index in [0.717, 1.165) is 0 Å². The van der Waals surface area contributed by atoms with Crippen molar-refractivity contribution < 1.29 is 28.3 Å². The Morgan fingerprint density at radius 3 is 2.42 bits per heavy atom. The van der Waals surface area contributed by atoms with Crippen LogP contribution in [-0.4, -0.2) is 42.5 Å². The van der Waals surface area contributed by atoms with Crippen LogP contribution in [0.3, 0.4) is 0 Å². The van der Waals surface area contributed by atoms with Crippen molar-refractivity contribution in [3.05, 3.63) is 22.6 Å². The first-order chi connectivity index (χ1) is 11.2. The van der Waals surface area contributed by atoms with Crippen LogP contribution in [0.15, 0.2) is 21.2 Å². The van der Waals surface area contributed by atoms with Gasteiger partial charge in [0.05, 0.1) is 0 Å². The molecule has 24 heavy (non-hydrogen) atoms. The number of urea groups is 1. The summed E-state index contributed by atoms with van der Waals surface area (Å²) in [5.41, 5.74) is 0. The van der Waals surface area contributed by atoms with Gasteiger partial charge < -0.3 is 19.8 Å². The largest absolute Gasteiger partial charge is 0.451 e. The summed E-state index contributed by atoms with van der Waals surface area (Å²) in [7, 11) is 0. The van der Waals surface area contributed by atoms with Gasteiger partial charge in [-0.3, -0.25) is 19.7 Å². The van der Waals surface area contributed by atoms with Gasteiger partial charge in [-0.25, -0.2) is 4.79 Å². The molecule has 1 rings (SSSR count). The Morgan fingerprint density at radius 2 is 1.88 bits per heavy atom. The second-order valence-corrected chi connectivity index (χ2v) is 5.82. The molecule has 1 heterocycles. The monoisotopic (exact) mass is 403 g/mol. The van der Waals surface area contributed by atoms with E-state index in [0.29, 0.717) is 4.67 Å². The van der Waals surface area contributed by atoms with Gasteiger partial charge in [-0.2, -0.15) is 0 Å². The average molecular weight is 404 g/mol. The fourth-order valence-corrected chi connectivity index (χ4v) is 1.79. The van der Waals surface area contributed by atoms with Gasteiger partial charge in [0.1, 0.15) is 6.54 Å². The molecule has 0 fully saturated rings. The SMILES string of the molecule is CC(C)NC(=O)NC(=O)[C@H](C)OC(=O)CNC(=O)c1ccc(Br)o1. The number of amides is 4. The summed E-state index contributed by atoms with van der Waals surface area (Å²) < 4.78 is 10.2. The summed E-state index contributed by atoms with van der Waals surface area (Å²) in [4.78, 5) is 46.3. The number of carbonyl (C=O) groups excluding carboxylic acids is 4.